The maximum absolute atomic E-state index is 12.6. The molecule has 1 amide bonds. The van der Waals surface area contributed by atoms with E-state index in [1.165, 1.54) is 0 Å². The maximum atomic E-state index is 12.6. The van der Waals surface area contributed by atoms with Crippen molar-refractivity contribution in [2.24, 2.45) is 0 Å². The van der Waals surface area contributed by atoms with Crippen molar-refractivity contribution in [2.45, 2.75) is 6.54 Å². The number of carbonyl (C=O) groups excluding carboxylic acids is 1. The molecular weight excluding hydrogens is 326 g/mol. The minimum absolute atomic E-state index is 0.0812. The molecule has 0 fully saturated rings. The van der Waals surface area contributed by atoms with E-state index in [0.29, 0.717) is 29.2 Å². The number of nitrogens with zero attached hydrogens (tertiary/aromatic N) is 3. The first-order chi connectivity index (χ1) is 12.7. The summed E-state index contributed by atoms with van der Waals surface area (Å²) in [5, 5.41) is 8.83. The van der Waals surface area contributed by atoms with E-state index in [2.05, 4.69) is 11.1 Å². The van der Waals surface area contributed by atoms with Crippen molar-refractivity contribution in [2.75, 3.05) is 7.05 Å². The zero-order valence-corrected chi connectivity index (χ0v) is 14.3. The van der Waals surface area contributed by atoms with Crippen LogP contribution >= 0.6 is 0 Å². The molecule has 26 heavy (non-hydrogen) atoms. The fourth-order valence-corrected chi connectivity index (χ4v) is 2.46. The number of hydrogen-bond acceptors (Lipinski definition) is 4. The van der Waals surface area contributed by atoms with E-state index in [-0.39, 0.29) is 5.91 Å². The highest BCUT2D eigenvalue weighted by molar-refractivity contribution is 5.94. The van der Waals surface area contributed by atoms with Gasteiger partial charge in [-0.3, -0.25) is 9.78 Å². The summed E-state index contributed by atoms with van der Waals surface area (Å²) in [7, 11) is 1.75. The van der Waals surface area contributed by atoms with Gasteiger partial charge in [-0.1, -0.05) is 12.1 Å². The Morgan fingerprint density at radius 1 is 1.08 bits per heavy atom. The zero-order valence-electron chi connectivity index (χ0n) is 14.3. The van der Waals surface area contributed by atoms with Gasteiger partial charge in [-0.05, 0) is 54.1 Å². The molecule has 0 aliphatic carbocycles. The van der Waals surface area contributed by atoms with Crippen molar-refractivity contribution in [1.29, 1.82) is 5.26 Å². The molecule has 0 saturated carbocycles. The molecule has 1 aromatic heterocycles. The van der Waals surface area contributed by atoms with Crippen LogP contribution in [0.4, 0.5) is 0 Å². The molecule has 2 aromatic carbocycles. The first kappa shape index (κ1) is 17.2. The van der Waals surface area contributed by atoms with Crippen LogP contribution in [0.15, 0.2) is 73.1 Å². The predicted octanol–water partition coefficient (Wildman–Crippen LogP) is 4.02. The Morgan fingerprint density at radius 2 is 1.81 bits per heavy atom. The highest BCUT2D eigenvalue weighted by atomic mass is 16.5. The van der Waals surface area contributed by atoms with Gasteiger partial charge in [-0.25, -0.2) is 0 Å². The zero-order chi connectivity index (χ0) is 18.4. The Hall–Kier alpha value is -3.65. The molecule has 0 N–H and O–H groups in total. The number of aromatic nitrogens is 1. The Kier molecular flexibility index (Phi) is 5.25. The first-order valence-corrected chi connectivity index (χ1v) is 8.08. The van der Waals surface area contributed by atoms with E-state index in [4.69, 9.17) is 10.00 Å². The largest absolute Gasteiger partial charge is 0.456 e. The highest BCUT2D eigenvalue weighted by Crippen LogP contribution is 2.21. The van der Waals surface area contributed by atoms with Crippen LogP contribution in [0.3, 0.4) is 0 Å². The second-order valence-electron chi connectivity index (χ2n) is 5.79. The molecule has 128 valence electrons. The van der Waals surface area contributed by atoms with Gasteiger partial charge in [0.05, 0.1) is 17.8 Å². The molecule has 5 nitrogen and oxygen atoms in total. The SMILES string of the molecule is CN(Cc1ccc(C#N)cc1)C(=O)c1ccc(Oc2cccnc2)cc1. The smallest absolute Gasteiger partial charge is 0.253 e. The Morgan fingerprint density at radius 3 is 2.42 bits per heavy atom. The average molecular weight is 343 g/mol. The molecular formula is C21H17N3O2. The third kappa shape index (κ3) is 4.25. The summed E-state index contributed by atoms with van der Waals surface area (Å²) in [4.78, 5) is 18.2. The second kappa shape index (κ2) is 7.95. The van der Waals surface area contributed by atoms with E-state index in [9.17, 15) is 4.79 Å². The number of nitriles is 1. The number of benzene rings is 2. The van der Waals surface area contributed by atoms with Gasteiger partial charge in [0.15, 0.2) is 0 Å². The van der Waals surface area contributed by atoms with Crippen LogP contribution in [0.5, 0.6) is 11.5 Å². The standard InChI is InChI=1S/C21H17N3O2/c1-24(15-17-6-4-16(13-22)5-7-17)21(25)18-8-10-19(11-9-18)26-20-3-2-12-23-14-20/h2-12,14H,15H2,1H3. The number of ether oxygens (including phenoxy) is 1. The van der Waals surface area contributed by atoms with Crippen LogP contribution in [0.25, 0.3) is 0 Å². The summed E-state index contributed by atoms with van der Waals surface area (Å²) < 4.78 is 5.68. The van der Waals surface area contributed by atoms with E-state index in [0.717, 1.165) is 5.56 Å². The van der Waals surface area contributed by atoms with Crippen LogP contribution in [0, 0.1) is 11.3 Å². The lowest BCUT2D eigenvalue weighted by Crippen LogP contribution is -2.26. The normalized spacial score (nSPS) is 10.0. The lowest BCUT2D eigenvalue weighted by atomic mass is 10.1. The van der Waals surface area contributed by atoms with Gasteiger partial charge in [0.2, 0.25) is 0 Å². The van der Waals surface area contributed by atoms with Crippen LogP contribution in [-0.4, -0.2) is 22.8 Å². The molecule has 0 atom stereocenters. The molecule has 0 aliphatic heterocycles. The van der Waals surface area contributed by atoms with Crippen molar-refractivity contribution in [3.8, 4) is 17.6 Å². The molecule has 0 bridgehead atoms. The highest BCUT2D eigenvalue weighted by Gasteiger charge is 2.12. The van der Waals surface area contributed by atoms with E-state index >= 15 is 0 Å². The molecule has 3 aromatic rings. The summed E-state index contributed by atoms with van der Waals surface area (Å²) in [6.07, 6.45) is 3.31. The fraction of sp³-hybridized carbons (Fsp3) is 0.0952. The third-order valence-electron chi connectivity index (χ3n) is 3.82. The molecule has 0 unspecified atom stereocenters. The summed E-state index contributed by atoms with van der Waals surface area (Å²) >= 11 is 0. The van der Waals surface area contributed by atoms with E-state index < -0.39 is 0 Å². The summed E-state index contributed by atoms with van der Waals surface area (Å²) in [6.45, 7) is 0.471. The lowest BCUT2D eigenvalue weighted by Gasteiger charge is -2.17. The van der Waals surface area contributed by atoms with E-state index in [1.807, 2.05) is 18.2 Å². The molecule has 0 saturated heterocycles. The van der Waals surface area contributed by atoms with Gasteiger partial charge >= 0.3 is 0 Å². The topological polar surface area (TPSA) is 66.2 Å². The second-order valence-corrected chi connectivity index (χ2v) is 5.79. The molecule has 3 rings (SSSR count). The number of amides is 1. The van der Waals surface area contributed by atoms with Crippen molar-refractivity contribution in [1.82, 2.24) is 9.88 Å². The monoisotopic (exact) mass is 343 g/mol. The first-order valence-electron chi connectivity index (χ1n) is 8.08. The number of rotatable bonds is 5. The van der Waals surface area contributed by atoms with Gasteiger partial charge in [-0.15, -0.1) is 0 Å². The molecule has 0 radical (unpaired) electrons. The number of pyridine rings is 1. The summed E-state index contributed by atoms with van der Waals surface area (Å²) in [6, 6.07) is 19.9. The Balaban J connectivity index is 1.64. The van der Waals surface area contributed by atoms with Crippen LogP contribution in [-0.2, 0) is 6.54 Å². The minimum Gasteiger partial charge on any atom is -0.456 e. The van der Waals surface area contributed by atoms with E-state index in [1.54, 1.807) is 66.8 Å². The summed E-state index contributed by atoms with van der Waals surface area (Å²) in [5.41, 5.74) is 2.16. The summed E-state index contributed by atoms with van der Waals surface area (Å²) in [5.74, 6) is 1.20. The minimum atomic E-state index is -0.0812. The van der Waals surface area contributed by atoms with Crippen molar-refractivity contribution in [3.05, 3.63) is 89.7 Å². The Labute approximate surface area is 152 Å². The fourth-order valence-electron chi connectivity index (χ4n) is 2.46. The lowest BCUT2D eigenvalue weighted by molar-refractivity contribution is 0.0785. The van der Waals surface area contributed by atoms with Gasteiger partial charge in [-0.2, -0.15) is 5.26 Å². The molecule has 5 heteroatoms. The van der Waals surface area contributed by atoms with Crippen molar-refractivity contribution >= 4 is 5.91 Å². The van der Waals surface area contributed by atoms with Gasteiger partial charge in [0.1, 0.15) is 11.5 Å². The third-order valence-corrected chi connectivity index (χ3v) is 3.82. The van der Waals surface area contributed by atoms with Crippen LogP contribution in [0.1, 0.15) is 21.5 Å². The van der Waals surface area contributed by atoms with Gasteiger partial charge in [0, 0.05) is 25.4 Å². The van der Waals surface area contributed by atoms with Crippen molar-refractivity contribution in [3.63, 3.8) is 0 Å². The Bertz CT molecular complexity index is 914. The van der Waals surface area contributed by atoms with Crippen LogP contribution in [0.2, 0.25) is 0 Å². The number of hydrogen-bond donors (Lipinski definition) is 0. The van der Waals surface area contributed by atoms with Gasteiger partial charge < -0.3 is 9.64 Å². The molecule has 1 heterocycles. The predicted molar refractivity (Wildman–Crippen MR) is 97.7 cm³/mol. The molecule has 0 spiro atoms. The quantitative estimate of drug-likeness (QED) is 0.702. The van der Waals surface area contributed by atoms with Crippen LogP contribution < -0.4 is 4.74 Å². The molecule has 0 aliphatic rings. The average Bonchev–Trinajstić information content (AvgIpc) is 2.69. The maximum Gasteiger partial charge on any atom is 0.253 e. The number of carbonyl (C=O) groups is 1. The van der Waals surface area contributed by atoms with Gasteiger partial charge in [0.25, 0.3) is 5.91 Å². The van der Waals surface area contributed by atoms with Crippen molar-refractivity contribution < 1.29 is 9.53 Å².